The Labute approximate surface area is 172 Å². The third-order valence-corrected chi connectivity index (χ3v) is 6.14. The van der Waals surface area contributed by atoms with E-state index in [2.05, 4.69) is 4.98 Å². The van der Waals surface area contributed by atoms with E-state index < -0.39 is 0 Å². The molecule has 150 valence electrons. The molecule has 0 saturated carbocycles. The van der Waals surface area contributed by atoms with Crippen LogP contribution in [0.15, 0.2) is 42.5 Å². The minimum absolute atomic E-state index is 0.140. The van der Waals surface area contributed by atoms with Gasteiger partial charge in [-0.3, -0.25) is 14.5 Å². The fraction of sp³-hybridized carbons (Fsp3) is 0.286. The molecule has 7 nitrogen and oxygen atoms in total. The number of thioether (sulfide) groups is 1. The smallest absolute Gasteiger partial charge is 0.288 e. The van der Waals surface area contributed by atoms with E-state index in [1.54, 1.807) is 7.11 Å². The normalized spacial score (nSPS) is 16.7. The molecule has 1 unspecified atom stereocenters. The second kappa shape index (κ2) is 7.79. The van der Waals surface area contributed by atoms with Crippen LogP contribution in [0.25, 0.3) is 11.0 Å². The number of aromatic nitrogens is 2. The van der Waals surface area contributed by atoms with Crippen molar-refractivity contribution in [2.75, 3.05) is 14.2 Å². The first-order chi connectivity index (χ1) is 14.0. The number of nitrogens with zero attached hydrogens (tertiary/aromatic N) is 3. The lowest BCUT2D eigenvalue weighted by Crippen LogP contribution is -2.28. The standard InChI is InChI=1S/C21H21N3O4S/c1-23-17-11-15(27-3)8-9-16(17)22-19(23)12-28-14-6-4-13(5-7-14)10-18-20(25)24(2)21(26)29-18/h4-9,11,18H,10,12H2,1-3H3. The molecule has 0 bridgehead atoms. The molecule has 3 aromatic rings. The van der Waals surface area contributed by atoms with Gasteiger partial charge in [-0.2, -0.15) is 0 Å². The minimum Gasteiger partial charge on any atom is -0.497 e. The predicted octanol–water partition coefficient (Wildman–Crippen LogP) is 3.40. The lowest BCUT2D eigenvalue weighted by molar-refractivity contribution is -0.125. The molecule has 0 N–H and O–H groups in total. The molecule has 2 aromatic carbocycles. The number of fused-ring (bicyclic) bond motifs is 1. The molecular formula is C21H21N3O4S. The third-order valence-electron chi connectivity index (χ3n) is 5.02. The van der Waals surface area contributed by atoms with Crippen LogP contribution >= 0.6 is 11.8 Å². The van der Waals surface area contributed by atoms with E-state index in [4.69, 9.17) is 9.47 Å². The Balaban J connectivity index is 1.41. The molecule has 1 aliphatic rings. The number of ether oxygens (including phenoxy) is 2. The Hall–Kier alpha value is -3.00. The fourth-order valence-corrected chi connectivity index (χ4v) is 4.27. The monoisotopic (exact) mass is 411 g/mol. The molecule has 0 spiro atoms. The molecule has 0 radical (unpaired) electrons. The number of amides is 2. The van der Waals surface area contributed by atoms with Gasteiger partial charge in [-0.25, -0.2) is 4.98 Å². The van der Waals surface area contributed by atoms with Crippen LogP contribution in [-0.4, -0.2) is 45.0 Å². The highest BCUT2D eigenvalue weighted by Gasteiger charge is 2.36. The summed E-state index contributed by atoms with van der Waals surface area (Å²) in [6, 6.07) is 13.4. The first-order valence-corrected chi connectivity index (χ1v) is 10.0. The van der Waals surface area contributed by atoms with Crippen molar-refractivity contribution in [1.82, 2.24) is 14.5 Å². The van der Waals surface area contributed by atoms with Crippen molar-refractivity contribution in [2.24, 2.45) is 7.05 Å². The van der Waals surface area contributed by atoms with Crippen LogP contribution in [0.2, 0.25) is 0 Å². The number of hydrogen-bond acceptors (Lipinski definition) is 6. The number of imidazole rings is 1. The van der Waals surface area contributed by atoms with Crippen LogP contribution in [0.4, 0.5) is 4.79 Å². The summed E-state index contributed by atoms with van der Waals surface area (Å²) in [4.78, 5) is 29.5. The van der Waals surface area contributed by atoms with Gasteiger partial charge in [0.15, 0.2) is 0 Å². The molecule has 1 atom stereocenters. The van der Waals surface area contributed by atoms with E-state index in [-0.39, 0.29) is 16.4 Å². The van der Waals surface area contributed by atoms with Gasteiger partial charge in [0.1, 0.15) is 23.9 Å². The molecule has 2 heterocycles. The zero-order valence-corrected chi connectivity index (χ0v) is 17.2. The average molecular weight is 411 g/mol. The maximum atomic E-state index is 12.0. The minimum atomic E-state index is -0.351. The first kappa shape index (κ1) is 19.3. The summed E-state index contributed by atoms with van der Waals surface area (Å²) in [5.74, 6) is 2.18. The second-order valence-corrected chi connectivity index (χ2v) is 8.00. The van der Waals surface area contributed by atoms with Crippen molar-refractivity contribution in [3.05, 3.63) is 53.9 Å². The van der Waals surface area contributed by atoms with Crippen molar-refractivity contribution < 1.29 is 19.1 Å². The van der Waals surface area contributed by atoms with Crippen molar-refractivity contribution >= 4 is 33.9 Å². The Morgan fingerprint density at radius 1 is 1.07 bits per heavy atom. The topological polar surface area (TPSA) is 73.7 Å². The summed E-state index contributed by atoms with van der Waals surface area (Å²) < 4.78 is 13.2. The van der Waals surface area contributed by atoms with Gasteiger partial charge < -0.3 is 14.0 Å². The Kier molecular flexibility index (Phi) is 5.19. The summed E-state index contributed by atoms with van der Waals surface area (Å²) in [5.41, 5.74) is 2.86. The highest BCUT2D eigenvalue weighted by Crippen LogP contribution is 2.29. The van der Waals surface area contributed by atoms with E-state index in [1.165, 1.54) is 11.9 Å². The zero-order valence-electron chi connectivity index (χ0n) is 16.4. The molecule has 1 saturated heterocycles. The highest BCUT2D eigenvalue weighted by atomic mass is 32.2. The Morgan fingerprint density at radius 3 is 2.45 bits per heavy atom. The lowest BCUT2D eigenvalue weighted by Gasteiger charge is -2.09. The van der Waals surface area contributed by atoms with E-state index in [0.717, 1.165) is 45.7 Å². The SMILES string of the molecule is COc1ccc2nc(COc3ccc(CC4SC(=O)N(C)C4=O)cc3)n(C)c2c1. The zero-order chi connectivity index (χ0) is 20.5. The number of carbonyl (C=O) groups excluding carboxylic acids is 2. The van der Waals surface area contributed by atoms with Crippen molar-refractivity contribution in [3.63, 3.8) is 0 Å². The quantitative estimate of drug-likeness (QED) is 0.619. The number of methoxy groups -OCH3 is 1. The molecule has 0 aliphatic carbocycles. The third kappa shape index (κ3) is 3.80. The van der Waals surface area contributed by atoms with Crippen LogP contribution in [-0.2, 0) is 24.9 Å². The number of carbonyl (C=O) groups is 2. The van der Waals surface area contributed by atoms with Gasteiger partial charge in [-0.15, -0.1) is 0 Å². The number of hydrogen-bond donors (Lipinski definition) is 0. The molecule has 1 aliphatic heterocycles. The first-order valence-electron chi connectivity index (χ1n) is 9.15. The van der Waals surface area contributed by atoms with Gasteiger partial charge in [0.25, 0.3) is 5.24 Å². The average Bonchev–Trinajstić information content (AvgIpc) is 3.18. The van der Waals surface area contributed by atoms with Gasteiger partial charge in [0.2, 0.25) is 5.91 Å². The van der Waals surface area contributed by atoms with Gasteiger partial charge in [-0.1, -0.05) is 23.9 Å². The van der Waals surface area contributed by atoms with Gasteiger partial charge in [0.05, 0.1) is 23.4 Å². The Morgan fingerprint density at radius 2 is 1.79 bits per heavy atom. The summed E-state index contributed by atoms with van der Waals surface area (Å²) >= 11 is 1.08. The molecule has 8 heteroatoms. The summed E-state index contributed by atoms with van der Waals surface area (Å²) in [6.07, 6.45) is 0.520. The number of benzene rings is 2. The largest absolute Gasteiger partial charge is 0.497 e. The molecule has 29 heavy (non-hydrogen) atoms. The maximum absolute atomic E-state index is 12.0. The van der Waals surface area contributed by atoms with Crippen LogP contribution < -0.4 is 9.47 Å². The van der Waals surface area contributed by atoms with Crippen LogP contribution in [0.1, 0.15) is 11.4 Å². The highest BCUT2D eigenvalue weighted by molar-refractivity contribution is 8.15. The van der Waals surface area contributed by atoms with Gasteiger partial charge in [0, 0.05) is 20.2 Å². The number of imide groups is 1. The predicted molar refractivity (Wildman–Crippen MR) is 111 cm³/mol. The van der Waals surface area contributed by atoms with E-state index in [0.29, 0.717) is 13.0 Å². The molecule has 4 rings (SSSR count). The molecule has 2 amide bonds. The van der Waals surface area contributed by atoms with Crippen LogP contribution in [0, 0.1) is 0 Å². The van der Waals surface area contributed by atoms with Crippen LogP contribution in [0.5, 0.6) is 11.5 Å². The van der Waals surface area contributed by atoms with E-state index in [1.807, 2.05) is 54.1 Å². The molecular weight excluding hydrogens is 390 g/mol. The molecule has 1 aromatic heterocycles. The second-order valence-electron chi connectivity index (χ2n) is 6.85. The fourth-order valence-electron chi connectivity index (χ4n) is 3.25. The maximum Gasteiger partial charge on any atom is 0.288 e. The lowest BCUT2D eigenvalue weighted by atomic mass is 10.1. The van der Waals surface area contributed by atoms with E-state index >= 15 is 0 Å². The Bertz CT molecular complexity index is 1080. The van der Waals surface area contributed by atoms with Crippen molar-refractivity contribution in [1.29, 1.82) is 0 Å². The van der Waals surface area contributed by atoms with Gasteiger partial charge >= 0.3 is 0 Å². The molecule has 1 fully saturated rings. The van der Waals surface area contributed by atoms with Crippen molar-refractivity contribution in [3.8, 4) is 11.5 Å². The van der Waals surface area contributed by atoms with E-state index in [9.17, 15) is 9.59 Å². The summed E-state index contributed by atoms with van der Waals surface area (Å²) in [5, 5.41) is -0.545. The number of rotatable bonds is 6. The van der Waals surface area contributed by atoms with Crippen molar-refractivity contribution in [2.45, 2.75) is 18.3 Å². The summed E-state index contributed by atoms with van der Waals surface area (Å²) in [7, 11) is 5.11. The van der Waals surface area contributed by atoms with Crippen LogP contribution in [0.3, 0.4) is 0 Å². The number of aryl methyl sites for hydroxylation is 1. The van der Waals surface area contributed by atoms with Gasteiger partial charge in [-0.05, 0) is 36.2 Å². The summed E-state index contributed by atoms with van der Waals surface area (Å²) in [6.45, 7) is 0.336.